The first kappa shape index (κ1) is 15.5. The third kappa shape index (κ3) is 4.31. The zero-order valence-corrected chi connectivity index (χ0v) is 13.2. The molecule has 1 saturated carbocycles. The molecule has 1 unspecified atom stereocenters. The van der Waals surface area contributed by atoms with Crippen LogP contribution in [0.4, 0.5) is 5.69 Å². The lowest BCUT2D eigenvalue weighted by molar-refractivity contribution is -0.119. The van der Waals surface area contributed by atoms with Crippen molar-refractivity contribution in [1.82, 2.24) is 5.43 Å². The van der Waals surface area contributed by atoms with Crippen LogP contribution in [-0.4, -0.2) is 18.2 Å². The van der Waals surface area contributed by atoms with Gasteiger partial charge < -0.3 is 5.32 Å². The summed E-state index contributed by atoms with van der Waals surface area (Å²) in [5.74, 6) is 0.460. The third-order valence-corrected chi connectivity index (χ3v) is 4.10. The first-order valence-corrected chi connectivity index (χ1v) is 7.76. The van der Waals surface area contributed by atoms with Crippen molar-refractivity contribution in [2.45, 2.75) is 46.5 Å². The lowest BCUT2D eigenvalue weighted by Crippen LogP contribution is -2.27. The molecule has 4 heteroatoms. The minimum atomic E-state index is -0.0933. The highest BCUT2D eigenvalue weighted by Gasteiger charge is 2.20. The topological polar surface area (TPSA) is 53.5 Å². The van der Waals surface area contributed by atoms with E-state index in [0.29, 0.717) is 5.92 Å². The Balaban J connectivity index is 1.83. The minimum Gasteiger partial charge on any atom is -0.376 e. The van der Waals surface area contributed by atoms with Crippen molar-refractivity contribution >= 4 is 17.3 Å². The van der Waals surface area contributed by atoms with E-state index < -0.39 is 0 Å². The number of carbonyl (C=O) groups excluding carboxylic acids is 1. The van der Waals surface area contributed by atoms with Gasteiger partial charge in [0.05, 0.1) is 6.54 Å². The highest BCUT2D eigenvalue weighted by atomic mass is 16.2. The van der Waals surface area contributed by atoms with E-state index in [1.165, 1.54) is 18.4 Å². The average molecular weight is 287 g/mol. The third-order valence-electron chi connectivity index (χ3n) is 4.10. The largest absolute Gasteiger partial charge is 0.376 e. The summed E-state index contributed by atoms with van der Waals surface area (Å²) in [7, 11) is 0. The first-order valence-electron chi connectivity index (χ1n) is 7.76. The first-order chi connectivity index (χ1) is 10.1. The average Bonchev–Trinajstić information content (AvgIpc) is 2.91. The number of nitrogens with one attached hydrogen (secondary N) is 2. The Morgan fingerprint density at radius 1 is 1.38 bits per heavy atom. The summed E-state index contributed by atoms with van der Waals surface area (Å²) in [5.41, 5.74) is 7.19. The van der Waals surface area contributed by atoms with Crippen molar-refractivity contribution in [3.8, 4) is 0 Å². The van der Waals surface area contributed by atoms with Gasteiger partial charge in [0.2, 0.25) is 0 Å². The Bertz CT molecular complexity index is 537. The summed E-state index contributed by atoms with van der Waals surface area (Å²) < 4.78 is 0. The highest BCUT2D eigenvalue weighted by molar-refractivity contribution is 5.90. The summed E-state index contributed by atoms with van der Waals surface area (Å²) in [6.45, 7) is 6.52. The van der Waals surface area contributed by atoms with Gasteiger partial charge in [-0.1, -0.05) is 24.6 Å². The molecule has 1 atom stereocenters. The second-order valence-corrected chi connectivity index (χ2v) is 5.81. The number of hydrazone groups is 1. The Hall–Kier alpha value is -1.84. The number of aryl methyl sites for hydroxylation is 2. The molecule has 1 aliphatic rings. The molecular formula is C17H25N3O. The lowest BCUT2D eigenvalue weighted by atomic mass is 10.0. The molecule has 2 N–H and O–H groups in total. The number of nitrogens with zero attached hydrogens (tertiary/aromatic N) is 1. The Kier molecular flexibility index (Phi) is 5.37. The Morgan fingerprint density at radius 3 is 2.90 bits per heavy atom. The van der Waals surface area contributed by atoms with E-state index in [1.807, 2.05) is 19.1 Å². The summed E-state index contributed by atoms with van der Waals surface area (Å²) in [6.07, 6.45) is 4.51. The second kappa shape index (κ2) is 7.25. The number of benzene rings is 1. The van der Waals surface area contributed by atoms with Crippen LogP contribution in [0, 0.1) is 19.8 Å². The van der Waals surface area contributed by atoms with Crippen molar-refractivity contribution < 1.29 is 4.79 Å². The standard InChI is InChI=1S/C17H25N3O/c1-4-14-6-5-7-16(14)19-20-17(21)11-18-15-9-8-12(2)10-13(15)3/h8-10,14,18H,4-7,11H2,1-3H3,(H,20,21). The number of hydrogen-bond acceptors (Lipinski definition) is 3. The van der Waals surface area contributed by atoms with E-state index in [-0.39, 0.29) is 12.5 Å². The number of hydrogen-bond donors (Lipinski definition) is 2. The van der Waals surface area contributed by atoms with Crippen molar-refractivity contribution in [3.63, 3.8) is 0 Å². The molecule has 0 aromatic heterocycles. The van der Waals surface area contributed by atoms with Crippen LogP contribution in [-0.2, 0) is 4.79 Å². The van der Waals surface area contributed by atoms with Gasteiger partial charge in [-0.25, -0.2) is 5.43 Å². The van der Waals surface area contributed by atoms with Gasteiger partial charge in [-0.15, -0.1) is 0 Å². The molecule has 0 saturated heterocycles. The number of rotatable bonds is 5. The monoisotopic (exact) mass is 287 g/mol. The molecule has 1 amide bonds. The van der Waals surface area contributed by atoms with Crippen LogP contribution >= 0.6 is 0 Å². The van der Waals surface area contributed by atoms with E-state index in [1.54, 1.807) is 0 Å². The molecule has 0 radical (unpaired) electrons. The van der Waals surface area contributed by atoms with Crippen LogP contribution in [0.1, 0.15) is 43.7 Å². The van der Waals surface area contributed by atoms with Crippen molar-refractivity contribution in [3.05, 3.63) is 29.3 Å². The molecule has 1 aromatic rings. The number of anilines is 1. The molecule has 1 aliphatic carbocycles. The fourth-order valence-corrected chi connectivity index (χ4v) is 2.85. The molecule has 4 nitrogen and oxygen atoms in total. The summed E-state index contributed by atoms with van der Waals surface area (Å²) >= 11 is 0. The SMILES string of the molecule is CCC1CCCC1=NNC(=O)CNc1ccc(C)cc1C. The predicted octanol–water partition coefficient (Wildman–Crippen LogP) is 3.40. The van der Waals surface area contributed by atoms with Crippen LogP contribution in [0.15, 0.2) is 23.3 Å². The van der Waals surface area contributed by atoms with E-state index >= 15 is 0 Å². The number of carbonyl (C=O) groups is 1. The fourth-order valence-electron chi connectivity index (χ4n) is 2.85. The molecule has 1 fully saturated rings. The van der Waals surface area contributed by atoms with Gasteiger partial charge in [-0.05, 0) is 57.1 Å². The fraction of sp³-hybridized carbons (Fsp3) is 0.529. The molecule has 114 valence electrons. The van der Waals surface area contributed by atoms with Crippen LogP contribution in [0.2, 0.25) is 0 Å². The van der Waals surface area contributed by atoms with Gasteiger partial charge >= 0.3 is 0 Å². The van der Waals surface area contributed by atoms with Gasteiger partial charge in [0.15, 0.2) is 0 Å². The summed E-state index contributed by atoms with van der Waals surface area (Å²) in [4.78, 5) is 11.9. The zero-order chi connectivity index (χ0) is 15.2. The normalized spacial score (nSPS) is 19.8. The van der Waals surface area contributed by atoms with Gasteiger partial charge in [-0.2, -0.15) is 5.10 Å². The van der Waals surface area contributed by atoms with Gasteiger partial charge in [-0.3, -0.25) is 4.79 Å². The van der Waals surface area contributed by atoms with Crippen molar-refractivity contribution in [2.75, 3.05) is 11.9 Å². The molecule has 0 heterocycles. The zero-order valence-electron chi connectivity index (χ0n) is 13.2. The van der Waals surface area contributed by atoms with Crippen molar-refractivity contribution in [2.24, 2.45) is 11.0 Å². The molecule has 0 aliphatic heterocycles. The van der Waals surface area contributed by atoms with E-state index in [4.69, 9.17) is 0 Å². The minimum absolute atomic E-state index is 0.0933. The molecule has 1 aromatic carbocycles. The Labute approximate surface area is 127 Å². The molecule has 0 spiro atoms. The van der Waals surface area contributed by atoms with Gasteiger partial charge in [0.1, 0.15) is 0 Å². The number of amides is 1. The van der Waals surface area contributed by atoms with Crippen LogP contribution in [0.25, 0.3) is 0 Å². The van der Waals surface area contributed by atoms with E-state index in [2.05, 4.69) is 35.8 Å². The van der Waals surface area contributed by atoms with Crippen LogP contribution < -0.4 is 10.7 Å². The van der Waals surface area contributed by atoms with Crippen LogP contribution in [0.3, 0.4) is 0 Å². The van der Waals surface area contributed by atoms with E-state index in [9.17, 15) is 4.79 Å². The molecule has 21 heavy (non-hydrogen) atoms. The smallest absolute Gasteiger partial charge is 0.259 e. The van der Waals surface area contributed by atoms with Gasteiger partial charge in [0, 0.05) is 11.4 Å². The quantitative estimate of drug-likeness (QED) is 0.816. The maximum Gasteiger partial charge on any atom is 0.259 e. The molecular weight excluding hydrogens is 262 g/mol. The maximum atomic E-state index is 11.9. The highest BCUT2D eigenvalue weighted by Crippen LogP contribution is 2.24. The maximum absolute atomic E-state index is 11.9. The Morgan fingerprint density at radius 2 is 2.19 bits per heavy atom. The predicted molar refractivity (Wildman–Crippen MR) is 87.6 cm³/mol. The molecule has 0 bridgehead atoms. The summed E-state index contributed by atoms with van der Waals surface area (Å²) in [6, 6.07) is 6.15. The second-order valence-electron chi connectivity index (χ2n) is 5.81. The lowest BCUT2D eigenvalue weighted by Gasteiger charge is -2.10. The molecule has 2 rings (SSSR count). The van der Waals surface area contributed by atoms with Gasteiger partial charge in [0.25, 0.3) is 5.91 Å². The van der Waals surface area contributed by atoms with Crippen molar-refractivity contribution in [1.29, 1.82) is 0 Å². The van der Waals surface area contributed by atoms with E-state index in [0.717, 1.165) is 29.8 Å². The van der Waals surface area contributed by atoms with Crippen LogP contribution in [0.5, 0.6) is 0 Å². The summed E-state index contributed by atoms with van der Waals surface area (Å²) in [5, 5.41) is 7.46.